The first-order valence-corrected chi connectivity index (χ1v) is 6.97. The molecule has 1 amide bonds. The zero-order valence-corrected chi connectivity index (χ0v) is 12.6. The summed E-state index contributed by atoms with van der Waals surface area (Å²) in [4.78, 5) is 22.6. The van der Waals surface area contributed by atoms with Gasteiger partial charge in [0.2, 0.25) is 5.95 Å². The minimum absolute atomic E-state index is 0.0841. The Labute approximate surface area is 125 Å². The fourth-order valence-electron chi connectivity index (χ4n) is 1.99. The van der Waals surface area contributed by atoms with Gasteiger partial charge in [-0.15, -0.1) is 0 Å². The molecular formula is C16H20N4O. The monoisotopic (exact) mass is 284 g/mol. The highest BCUT2D eigenvalue weighted by Gasteiger charge is 2.15. The molecule has 21 heavy (non-hydrogen) atoms. The van der Waals surface area contributed by atoms with E-state index in [0.717, 1.165) is 12.0 Å². The van der Waals surface area contributed by atoms with Crippen LogP contribution in [0.4, 0.5) is 5.95 Å². The van der Waals surface area contributed by atoms with Crippen LogP contribution in [0.3, 0.4) is 0 Å². The van der Waals surface area contributed by atoms with Gasteiger partial charge in [-0.25, -0.2) is 9.97 Å². The summed E-state index contributed by atoms with van der Waals surface area (Å²) in [6.45, 7) is 2.02. The highest BCUT2D eigenvalue weighted by atomic mass is 16.1. The molecule has 0 aliphatic heterocycles. The van der Waals surface area contributed by atoms with Crippen LogP contribution in [0.1, 0.15) is 35.3 Å². The van der Waals surface area contributed by atoms with Crippen molar-refractivity contribution in [2.45, 2.75) is 19.4 Å². The van der Waals surface area contributed by atoms with E-state index in [1.807, 2.05) is 44.1 Å². The van der Waals surface area contributed by atoms with Crippen LogP contribution in [0.25, 0.3) is 0 Å². The van der Waals surface area contributed by atoms with E-state index in [1.165, 1.54) is 0 Å². The molecule has 0 saturated carbocycles. The van der Waals surface area contributed by atoms with Crippen molar-refractivity contribution in [1.29, 1.82) is 0 Å². The second-order valence-corrected chi connectivity index (χ2v) is 5.01. The Balaban J connectivity index is 2.11. The first-order chi connectivity index (χ1) is 10.1. The lowest BCUT2D eigenvalue weighted by molar-refractivity contribution is 0.0935. The van der Waals surface area contributed by atoms with Gasteiger partial charge in [0.25, 0.3) is 5.91 Å². The first-order valence-electron chi connectivity index (χ1n) is 6.97. The van der Waals surface area contributed by atoms with E-state index >= 15 is 0 Å². The Kier molecular flexibility index (Phi) is 4.87. The van der Waals surface area contributed by atoms with Gasteiger partial charge < -0.3 is 10.2 Å². The molecule has 110 valence electrons. The number of hydrogen-bond donors (Lipinski definition) is 1. The van der Waals surface area contributed by atoms with Gasteiger partial charge in [-0.1, -0.05) is 25.1 Å². The van der Waals surface area contributed by atoms with Gasteiger partial charge in [0, 0.05) is 37.6 Å². The number of nitrogens with zero attached hydrogens (tertiary/aromatic N) is 3. The fraction of sp³-hybridized carbons (Fsp3) is 0.312. The average molecular weight is 284 g/mol. The molecule has 5 heteroatoms. The summed E-state index contributed by atoms with van der Waals surface area (Å²) < 4.78 is 0. The SMILES string of the molecule is CC[C@H](NC(=O)c1ccccc1)c1cnc(N(C)C)nc1. The molecule has 1 aromatic heterocycles. The van der Waals surface area contributed by atoms with Crippen LogP contribution in [0.2, 0.25) is 0 Å². The minimum Gasteiger partial charge on any atom is -0.347 e. The third-order valence-electron chi connectivity index (χ3n) is 3.21. The van der Waals surface area contributed by atoms with Crippen molar-refractivity contribution in [1.82, 2.24) is 15.3 Å². The molecule has 0 unspecified atom stereocenters. The lowest BCUT2D eigenvalue weighted by Gasteiger charge is -2.18. The number of carbonyl (C=O) groups is 1. The first kappa shape index (κ1) is 15.0. The molecule has 2 rings (SSSR count). The molecule has 0 aliphatic rings. The standard InChI is InChI=1S/C16H20N4O/c1-4-14(13-10-17-16(18-11-13)20(2)3)19-15(21)12-8-6-5-7-9-12/h5-11,14H,4H2,1-3H3,(H,19,21)/t14-/m0/s1. The Bertz CT molecular complexity index is 581. The Morgan fingerprint density at radius 3 is 2.33 bits per heavy atom. The lowest BCUT2D eigenvalue weighted by atomic mass is 10.1. The molecule has 0 radical (unpaired) electrons. The van der Waals surface area contributed by atoms with Crippen LogP contribution < -0.4 is 10.2 Å². The smallest absolute Gasteiger partial charge is 0.251 e. The largest absolute Gasteiger partial charge is 0.347 e. The Morgan fingerprint density at radius 2 is 1.81 bits per heavy atom. The lowest BCUT2D eigenvalue weighted by Crippen LogP contribution is -2.28. The molecule has 0 bridgehead atoms. The highest BCUT2D eigenvalue weighted by molar-refractivity contribution is 5.94. The zero-order valence-electron chi connectivity index (χ0n) is 12.6. The van der Waals surface area contributed by atoms with Gasteiger partial charge >= 0.3 is 0 Å². The third kappa shape index (κ3) is 3.78. The third-order valence-corrected chi connectivity index (χ3v) is 3.21. The quantitative estimate of drug-likeness (QED) is 0.916. The van der Waals surface area contributed by atoms with Gasteiger partial charge in [-0.3, -0.25) is 4.79 Å². The maximum atomic E-state index is 12.2. The van der Waals surface area contributed by atoms with Crippen molar-refractivity contribution < 1.29 is 4.79 Å². The number of amides is 1. The molecule has 1 aromatic carbocycles. The van der Waals surface area contributed by atoms with E-state index in [2.05, 4.69) is 15.3 Å². The van der Waals surface area contributed by atoms with Crippen molar-refractivity contribution in [3.8, 4) is 0 Å². The predicted molar refractivity (Wildman–Crippen MR) is 83.3 cm³/mol. The van der Waals surface area contributed by atoms with E-state index in [4.69, 9.17) is 0 Å². The molecular weight excluding hydrogens is 264 g/mol. The summed E-state index contributed by atoms with van der Waals surface area (Å²) in [5.41, 5.74) is 1.56. The van der Waals surface area contributed by atoms with E-state index in [0.29, 0.717) is 11.5 Å². The zero-order chi connectivity index (χ0) is 15.2. The summed E-state index contributed by atoms with van der Waals surface area (Å²) in [6.07, 6.45) is 4.31. The second kappa shape index (κ2) is 6.83. The van der Waals surface area contributed by atoms with Crippen molar-refractivity contribution in [2.24, 2.45) is 0 Å². The van der Waals surface area contributed by atoms with Crippen LogP contribution in [-0.4, -0.2) is 30.0 Å². The molecule has 0 saturated heterocycles. The van der Waals surface area contributed by atoms with Crippen molar-refractivity contribution in [3.63, 3.8) is 0 Å². The van der Waals surface area contributed by atoms with Gasteiger partial charge in [0.15, 0.2) is 0 Å². The summed E-state index contributed by atoms with van der Waals surface area (Å²) in [6, 6.07) is 9.10. The van der Waals surface area contributed by atoms with Crippen LogP contribution >= 0.6 is 0 Å². The molecule has 0 spiro atoms. The van der Waals surface area contributed by atoms with E-state index in [-0.39, 0.29) is 11.9 Å². The number of hydrogen-bond acceptors (Lipinski definition) is 4. The molecule has 1 heterocycles. The van der Waals surface area contributed by atoms with Gasteiger partial charge in [-0.05, 0) is 18.6 Å². The van der Waals surface area contributed by atoms with E-state index < -0.39 is 0 Å². The summed E-state index contributed by atoms with van der Waals surface area (Å²) in [7, 11) is 3.78. The number of nitrogens with one attached hydrogen (secondary N) is 1. The van der Waals surface area contributed by atoms with Crippen LogP contribution in [-0.2, 0) is 0 Å². The molecule has 1 atom stereocenters. The number of anilines is 1. The number of aromatic nitrogens is 2. The van der Waals surface area contributed by atoms with Crippen molar-refractivity contribution in [2.75, 3.05) is 19.0 Å². The number of benzene rings is 1. The Morgan fingerprint density at radius 1 is 1.19 bits per heavy atom. The fourth-order valence-corrected chi connectivity index (χ4v) is 1.99. The maximum Gasteiger partial charge on any atom is 0.251 e. The second-order valence-electron chi connectivity index (χ2n) is 5.01. The molecule has 1 N–H and O–H groups in total. The van der Waals surface area contributed by atoms with Crippen LogP contribution in [0, 0.1) is 0 Å². The van der Waals surface area contributed by atoms with Crippen LogP contribution in [0.15, 0.2) is 42.7 Å². The average Bonchev–Trinajstić information content (AvgIpc) is 2.53. The van der Waals surface area contributed by atoms with Gasteiger partial charge in [0.1, 0.15) is 0 Å². The molecule has 0 fully saturated rings. The predicted octanol–water partition coefficient (Wildman–Crippen LogP) is 2.42. The number of rotatable bonds is 5. The molecule has 0 aliphatic carbocycles. The summed E-state index contributed by atoms with van der Waals surface area (Å²) >= 11 is 0. The maximum absolute atomic E-state index is 12.2. The van der Waals surface area contributed by atoms with Crippen LogP contribution in [0.5, 0.6) is 0 Å². The Hall–Kier alpha value is -2.43. The van der Waals surface area contributed by atoms with Crippen molar-refractivity contribution in [3.05, 3.63) is 53.9 Å². The normalized spacial score (nSPS) is 11.8. The topological polar surface area (TPSA) is 58.1 Å². The van der Waals surface area contributed by atoms with Crippen molar-refractivity contribution >= 4 is 11.9 Å². The van der Waals surface area contributed by atoms with Gasteiger partial charge in [0.05, 0.1) is 6.04 Å². The molecule has 5 nitrogen and oxygen atoms in total. The molecule has 2 aromatic rings. The summed E-state index contributed by atoms with van der Waals surface area (Å²) in [5.74, 6) is 0.571. The van der Waals surface area contributed by atoms with E-state index in [9.17, 15) is 4.79 Å². The highest BCUT2D eigenvalue weighted by Crippen LogP contribution is 2.16. The summed E-state index contributed by atoms with van der Waals surface area (Å²) in [5, 5.41) is 3.02. The number of carbonyl (C=O) groups excluding carboxylic acids is 1. The van der Waals surface area contributed by atoms with Gasteiger partial charge in [-0.2, -0.15) is 0 Å². The van der Waals surface area contributed by atoms with E-state index in [1.54, 1.807) is 24.5 Å². The minimum atomic E-state index is -0.0890.